The summed E-state index contributed by atoms with van der Waals surface area (Å²) in [5.41, 5.74) is 2.04. The first-order valence-electron chi connectivity index (χ1n) is 10.6. The Hall–Kier alpha value is -2.63. The van der Waals surface area contributed by atoms with Gasteiger partial charge in [-0.15, -0.1) is 0 Å². The molecule has 1 fully saturated rings. The molecular formula is C23H32N4O2. The first kappa shape index (κ1) is 21.1. The van der Waals surface area contributed by atoms with Gasteiger partial charge in [0, 0.05) is 24.0 Å². The highest BCUT2D eigenvalue weighted by molar-refractivity contribution is 5.89. The summed E-state index contributed by atoms with van der Waals surface area (Å²) in [6.45, 7) is 5.90. The Labute approximate surface area is 173 Å². The third-order valence-electron chi connectivity index (χ3n) is 5.78. The fourth-order valence-corrected chi connectivity index (χ4v) is 3.90. The van der Waals surface area contributed by atoms with Crippen LogP contribution in [0, 0.1) is 11.8 Å². The van der Waals surface area contributed by atoms with Crippen molar-refractivity contribution in [3.05, 3.63) is 48.5 Å². The Morgan fingerprint density at radius 1 is 1.03 bits per heavy atom. The molecule has 2 atom stereocenters. The Bertz CT molecular complexity index is 793. The number of hydrogen-bond donors (Lipinski definition) is 2. The molecular weight excluding hydrogens is 364 g/mol. The molecule has 1 aliphatic rings. The Balaban J connectivity index is 1.60. The highest BCUT2D eigenvalue weighted by atomic mass is 16.2. The van der Waals surface area contributed by atoms with Gasteiger partial charge in [-0.05, 0) is 43.4 Å². The second kappa shape index (κ2) is 9.72. The summed E-state index contributed by atoms with van der Waals surface area (Å²) in [6.07, 6.45) is 10.6. The number of imidazole rings is 1. The summed E-state index contributed by atoms with van der Waals surface area (Å²) in [4.78, 5) is 29.6. The number of nitrogens with zero attached hydrogens (tertiary/aromatic N) is 2. The van der Waals surface area contributed by atoms with Gasteiger partial charge >= 0.3 is 0 Å². The molecule has 1 saturated carbocycles. The van der Waals surface area contributed by atoms with E-state index in [1.54, 1.807) is 12.5 Å². The van der Waals surface area contributed by atoms with Gasteiger partial charge in [-0.25, -0.2) is 4.98 Å². The lowest BCUT2D eigenvalue weighted by Crippen LogP contribution is -2.51. The molecule has 0 saturated heterocycles. The van der Waals surface area contributed by atoms with Crippen molar-refractivity contribution in [2.75, 3.05) is 0 Å². The number of benzene rings is 1. The topological polar surface area (TPSA) is 76.0 Å². The van der Waals surface area contributed by atoms with Gasteiger partial charge in [0.1, 0.15) is 6.04 Å². The van der Waals surface area contributed by atoms with Crippen molar-refractivity contribution in [3.8, 4) is 5.69 Å². The van der Waals surface area contributed by atoms with Gasteiger partial charge in [0.15, 0.2) is 0 Å². The van der Waals surface area contributed by atoms with Gasteiger partial charge in [-0.1, -0.05) is 45.2 Å². The minimum atomic E-state index is -0.517. The van der Waals surface area contributed by atoms with Crippen molar-refractivity contribution in [2.24, 2.45) is 11.8 Å². The van der Waals surface area contributed by atoms with Crippen molar-refractivity contribution in [3.63, 3.8) is 0 Å². The van der Waals surface area contributed by atoms with Crippen LogP contribution in [0.15, 0.2) is 43.0 Å². The molecule has 0 spiro atoms. The molecule has 2 aromatic rings. The number of carbonyl (C=O) groups is 2. The SMILES string of the molecule is CC(C)[C@H](NC(=O)C1CCCCC1)C(=O)N[C@H](C)c1ccc(-n2ccnc2)cc1. The maximum atomic E-state index is 12.9. The summed E-state index contributed by atoms with van der Waals surface area (Å²) < 4.78 is 1.93. The third-order valence-corrected chi connectivity index (χ3v) is 5.78. The van der Waals surface area contributed by atoms with Crippen LogP contribution in [0.2, 0.25) is 0 Å². The molecule has 2 N–H and O–H groups in total. The summed E-state index contributed by atoms with van der Waals surface area (Å²) in [6, 6.07) is 7.36. The van der Waals surface area contributed by atoms with Crippen molar-refractivity contribution in [1.29, 1.82) is 0 Å². The van der Waals surface area contributed by atoms with E-state index in [1.807, 2.05) is 55.8 Å². The molecule has 29 heavy (non-hydrogen) atoms. The lowest BCUT2D eigenvalue weighted by atomic mass is 9.88. The fraction of sp³-hybridized carbons (Fsp3) is 0.522. The highest BCUT2D eigenvalue weighted by Gasteiger charge is 2.29. The van der Waals surface area contributed by atoms with Crippen LogP contribution in [0.3, 0.4) is 0 Å². The smallest absolute Gasteiger partial charge is 0.243 e. The van der Waals surface area contributed by atoms with E-state index in [-0.39, 0.29) is 29.7 Å². The fourth-order valence-electron chi connectivity index (χ4n) is 3.90. The molecule has 1 aromatic carbocycles. The molecule has 0 unspecified atom stereocenters. The zero-order chi connectivity index (χ0) is 20.8. The Morgan fingerprint density at radius 2 is 1.72 bits per heavy atom. The van der Waals surface area contributed by atoms with Crippen molar-refractivity contribution in [1.82, 2.24) is 20.2 Å². The van der Waals surface area contributed by atoms with Gasteiger partial charge in [-0.3, -0.25) is 9.59 Å². The monoisotopic (exact) mass is 396 g/mol. The number of aromatic nitrogens is 2. The second-order valence-corrected chi connectivity index (χ2v) is 8.36. The average molecular weight is 397 g/mol. The van der Waals surface area contributed by atoms with Gasteiger partial charge in [0.25, 0.3) is 0 Å². The Kier molecular flexibility index (Phi) is 7.07. The minimum absolute atomic E-state index is 0.0240. The molecule has 0 bridgehead atoms. The van der Waals surface area contributed by atoms with Crippen LogP contribution in [0.4, 0.5) is 0 Å². The largest absolute Gasteiger partial charge is 0.348 e. The van der Waals surface area contributed by atoms with Crippen LogP contribution in [-0.2, 0) is 9.59 Å². The molecule has 3 rings (SSSR count). The van der Waals surface area contributed by atoms with E-state index in [9.17, 15) is 9.59 Å². The summed E-state index contributed by atoms with van der Waals surface area (Å²) in [5.74, 6) is -0.0319. The van der Waals surface area contributed by atoms with Gasteiger partial charge < -0.3 is 15.2 Å². The Morgan fingerprint density at radius 3 is 2.31 bits per heavy atom. The maximum absolute atomic E-state index is 12.9. The van der Waals surface area contributed by atoms with E-state index in [0.717, 1.165) is 36.9 Å². The van der Waals surface area contributed by atoms with E-state index in [2.05, 4.69) is 15.6 Å². The van der Waals surface area contributed by atoms with Gasteiger partial charge in [0.2, 0.25) is 11.8 Å². The van der Waals surface area contributed by atoms with Crippen LogP contribution < -0.4 is 10.6 Å². The van der Waals surface area contributed by atoms with Crippen LogP contribution in [0.1, 0.15) is 64.5 Å². The predicted octanol–water partition coefficient (Wildman–Crippen LogP) is 3.77. The predicted molar refractivity (Wildman–Crippen MR) is 113 cm³/mol. The average Bonchev–Trinajstić information content (AvgIpc) is 3.27. The van der Waals surface area contributed by atoms with Crippen molar-refractivity contribution < 1.29 is 9.59 Å². The molecule has 156 valence electrons. The van der Waals surface area contributed by atoms with Crippen LogP contribution in [0.25, 0.3) is 5.69 Å². The molecule has 6 heteroatoms. The van der Waals surface area contributed by atoms with Crippen LogP contribution in [-0.4, -0.2) is 27.4 Å². The van der Waals surface area contributed by atoms with Crippen LogP contribution >= 0.6 is 0 Å². The highest BCUT2D eigenvalue weighted by Crippen LogP contribution is 2.24. The van der Waals surface area contributed by atoms with Crippen molar-refractivity contribution >= 4 is 11.8 Å². The van der Waals surface area contributed by atoms with E-state index in [4.69, 9.17) is 0 Å². The summed E-state index contributed by atoms with van der Waals surface area (Å²) in [7, 11) is 0. The molecule has 1 aliphatic carbocycles. The van der Waals surface area contributed by atoms with E-state index in [0.29, 0.717) is 0 Å². The molecule has 6 nitrogen and oxygen atoms in total. The van der Waals surface area contributed by atoms with E-state index < -0.39 is 6.04 Å². The zero-order valence-corrected chi connectivity index (χ0v) is 17.6. The lowest BCUT2D eigenvalue weighted by Gasteiger charge is -2.27. The minimum Gasteiger partial charge on any atom is -0.348 e. The van der Waals surface area contributed by atoms with Gasteiger partial charge in [-0.2, -0.15) is 0 Å². The summed E-state index contributed by atoms with van der Waals surface area (Å²) in [5, 5.41) is 6.08. The first-order valence-corrected chi connectivity index (χ1v) is 10.6. The van der Waals surface area contributed by atoms with Gasteiger partial charge in [0.05, 0.1) is 12.4 Å². The number of carbonyl (C=O) groups excluding carboxylic acids is 2. The zero-order valence-electron chi connectivity index (χ0n) is 17.6. The van der Waals surface area contributed by atoms with Crippen LogP contribution in [0.5, 0.6) is 0 Å². The third kappa shape index (κ3) is 5.46. The van der Waals surface area contributed by atoms with E-state index in [1.165, 1.54) is 6.42 Å². The number of hydrogen-bond acceptors (Lipinski definition) is 3. The standard InChI is InChI=1S/C23H32N4O2/c1-16(2)21(26-22(28)19-7-5-4-6-8-19)23(29)25-17(3)18-9-11-20(12-10-18)27-14-13-24-15-27/h9-17,19,21H,4-8H2,1-3H3,(H,25,29)(H,26,28)/t17-,21+/m1/s1. The normalized spacial score (nSPS) is 17.0. The van der Waals surface area contributed by atoms with E-state index >= 15 is 0 Å². The molecule has 1 aromatic heterocycles. The second-order valence-electron chi connectivity index (χ2n) is 8.36. The molecule has 0 radical (unpaired) electrons. The van der Waals surface area contributed by atoms with Crippen molar-refractivity contribution in [2.45, 2.75) is 65.0 Å². The number of amides is 2. The molecule has 2 amide bonds. The molecule has 0 aliphatic heterocycles. The quantitative estimate of drug-likeness (QED) is 0.748. The number of rotatable bonds is 7. The maximum Gasteiger partial charge on any atom is 0.243 e. The summed E-state index contributed by atoms with van der Waals surface area (Å²) >= 11 is 0. The first-order chi connectivity index (χ1) is 14.0. The lowest BCUT2D eigenvalue weighted by molar-refractivity contribution is -0.133. The molecule has 1 heterocycles. The number of nitrogens with one attached hydrogen (secondary N) is 2.